The van der Waals surface area contributed by atoms with Crippen molar-refractivity contribution >= 4 is 22.6 Å². The largest absolute Gasteiger partial charge is 0.477 e. The van der Waals surface area contributed by atoms with E-state index >= 15 is 4.39 Å². The highest BCUT2D eigenvalue weighted by molar-refractivity contribution is 5.94. The summed E-state index contributed by atoms with van der Waals surface area (Å²) in [6.45, 7) is 0.874. The molecule has 3 heterocycles. The van der Waals surface area contributed by atoms with Crippen LogP contribution < -0.4 is 15.1 Å². The minimum atomic E-state index is -1.45. The molecule has 0 spiro atoms. The van der Waals surface area contributed by atoms with Gasteiger partial charge in [-0.15, -0.1) is 0 Å². The molecule has 0 bridgehead atoms. The van der Waals surface area contributed by atoms with Crippen LogP contribution in [0.3, 0.4) is 0 Å². The molecule has 2 aromatic heterocycles. The van der Waals surface area contributed by atoms with Crippen molar-refractivity contribution in [3.8, 4) is 11.6 Å². The van der Waals surface area contributed by atoms with Crippen molar-refractivity contribution in [3.63, 3.8) is 0 Å². The minimum Gasteiger partial charge on any atom is -0.477 e. The average Bonchev–Trinajstić information content (AvgIpc) is 3.32. The third kappa shape index (κ3) is 4.32. The Morgan fingerprint density at radius 2 is 2.00 bits per heavy atom. The SMILES string of the molecule is O=C(O)c1cn(-c2cccc(F)c2)c2cc(N3CCC[C@@H]3COc3ccccn3)c(F)cc2c1=O. The second kappa shape index (κ2) is 9.17. The molecule has 4 aromatic rings. The standard InChI is InChI=1S/C26H21F2N3O4/c27-16-5-3-6-17(11-16)31-14-20(26(33)34)25(32)19-12-21(28)23(13-22(19)31)30-10-4-7-18(30)15-35-24-8-1-2-9-29-24/h1-3,5-6,8-9,11-14,18H,4,7,10,15H2,(H,33,34)/t18-/m1/s1. The number of rotatable bonds is 6. The van der Waals surface area contributed by atoms with Crippen molar-refractivity contribution in [1.82, 2.24) is 9.55 Å². The van der Waals surface area contributed by atoms with Crippen LogP contribution in [0.2, 0.25) is 0 Å². The quantitative estimate of drug-likeness (QED) is 0.443. The van der Waals surface area contributed by atoms with Gasteiger partial charge in [-0.2, -0.15) is 0 Å². The molecule has 9 heteroatoms. The van der Waals surface area contributed by atoms with Crippen molar-refractivity contribution in [2.24, 2.45) is 0 Å². The van der Waals surface area contributed by atoms with Gasteiger partial charge in [-0.3, -0.25) is 4.79 Å². The van der Waals surface area contributed by atoms with E-state index in [2.05, 4.69) is 4.98 Å². The Bertz CT molecular complexity index is 1470. The number of carboxylic acid groups (broad SMARTS) is 1. The van der Waals surface area contributed by atoms with E-state index in [9.17, 15) is 19.1 Å². The molecular formula is C26H21F2N3O4. The van der Waals surface area contributed by atoms with Crippen LogP contribution in [-0.2, 0) is 0 Å². The number of ether oxygens (including phenoxy) is 1. The normalized spacial score (nSPS) is 15.5. The van der Waals surface area contributed by atoms with Crippen LogP contribution in [-0.4, -0.2) is 39.8 Å². The molecule has 0 aliphatic carbocycles. The summed E-state index contributed by atoms with van der Waals surface area (Å²) in [7, 11) is 0. The second-order valence-corrected chi connectivity index (χ2v) is 8.32. The van der Waals surface area contributed by atoms with Crippen LogP contribution >= 0.6 is 0 Å². The molecule has 1 fully saturated rings. The monoisotopic (exact) mass is 477 g/mol. The third-order valence-electron chi connectivity index (χ3n) is 6.14. The minimum absolute atomic E-state index is 0.101. The summed E-state index contributed by atoms with van der Waals surface area (Å²) in [5, 5.41) is 9.43. The molecular weight excluding hydrogens is 456 g/mol. The topological polar surface area (TPSA) is 84.7 Å². The van der Waals surface area contributed by atoms with Crippen molar-refractivity contribution in [2.75, 3.05) is 18.1 Å². The molecule has 1 saturated heterocycles. The van der Waals surface area contributed by atoms with E-state index in [1.807, 2.05) is 11.0 Å². The number of hydrogen-bond donors (Lipinski definition) is 1. The lowest BCUT2D eigenvalue weighted by atomic mass is 10.1. The summed E-state index contributed by atoms with van der Waals surface area (Å²) in [5.74, 6) is -2.15. The number of nitrogens with zero attached hydrogens (tertiary/aromatic N) is 3. The summed E-state index contributed by atoms with van der Waals surface area (Å²) in [6.07, 6.45) is 4.37. The first-order chi connectivity index (χ1) is 16.9. The van der Waals surface area contributed by atoms with Crippen LogP contribution in [0.1, 0.15) is 23.2 Å². The van der Waals surface area contributed by atoms with Crippen LogP contribution in [0.5, 0.6) is 5.88 Å². The number of carbonyl (C=O) groups is 1. The molecule has 7 nitrogen and oxygen atoms in total. The fourth-order valence-electron chi connectivity index (χ4n) is 4.49. The summed E-state index contributed by atoms with van der Waals surface area (Å²) < 4.78 is 36.5. The Balaban J connectivity index is 1.61. The second-order valence-electron chi connectivity index (χ2n) is 8.32. The highest BCUT2D eigenvalue weighted by Gasteiger charge is 2.29. The van der Waals surface area contributed by atoms with Gasteiger partial charge in [-0.25, -0.2) is 18.6 Å². The van der Waals surface area contributed by atoms with Gasteiger partial charge in [0.2, 0.25) is 11.3 Å². The first-order valence-electron chi connectivity index (χ1n) is 11.1. The zero-order valence-corrected chi connectivity index (χ0v) is 18.5. The lowest BCUT2D eigenvalue weighted by Gasteiger charge is -2.27. The summed E-state index contributed by atoms with van der Waals surface area (Å²) in [4.78, 5) is 30.6. The molecule has 35 heavy (non-hydrogen) atoms. The van der Waals surface area contributed by atoms with Gasteiger partial charge in [0.05, 0.1) is 17.2 Å². The first-order valence-corrected chi connectivity index (χ1v) is 11.1. The summed E-state index contributed by atoms with van der Waals surface area (Å²) in [6, 6.07) is 13.3. The number of aromatic nitrogens is 2. The van der Waals surface area contributed by atoms with E-state index in [4.69, 9.17) is 4.74 Å². The van der Waals surface area contributed by atoms with E-state index in [1.165, 1.54) is 28.8 Å². The maximum Gasteiger partial charge on any atom is 0.341 e. The van der Waals surface area contributed by atoms with Gasteiger partial charge in [-0.05, 0) is 49.2 Å². The predicted molar refractivity (Wildman–Crippen MR) is 127 cm³/mol. The number of pyridine rings is 2. The van der Waals surface area contributed by atoms with Gasteiger partial charge >= 0.3 is 5.97 Å². The molecule has 1 aliphatic heterocycles. The van der Waals surface area contributed by atoms with Gasteiger partial charge in [0.25, 0.3) is 0 Å². The number of fused-ring (bicyclic) bond motifs is 1. The lowest BCUT2D eigenvalue weighted by molar-refractivity contribution is 0.0695. The van der Waals surface area contributed by atoms with Crippen LogP contribution in [0.25, 0.3) is 16.6 Å². The lowest BCUT2D eigenvalue weighted by Crippen LogP contribution is -2.35. The Kier molecular flexibility index (Phi) is 5.90. The number of halogens is 2. The zero-order chi connectivity index (χ0) is 24.5. The van der Waals surface area contributed by atoms with Gasteiger partial charge in [0.15, 0.2) is 0 Å². The van der Waals surface area contributed by atoms with E-state index < -0.39 is 28.6 Å². The smallest absolute Gasteiger partial charge is 0.341 e. The number of benzene rings is 2. The number of aromatic carboxylic acids is 1. The fourth-order valence-corrected chi connectivity index (χ4v) is 4.49. The Hall–Kier alpha value is -4.27. The molecule has 0 unspecified atom stereocenters. The molecule has 1 aliphatic rings. The maximum absolute atomic E-state index is 15.4. The van der Waals surface area contributed by atoms with Crippen molar-refractivity contribution in [1.29, 1.82) is 0 Å². The van der Waals surface area contributed by atoms with Crippen molar-refractivity contribution < 1.29 is 23.4 Å². The van der Waals surface area contributed by atoms with Crippen molar-refractivity contribution in [3.05, 3.63) is 94.4 Å². The number of carboxylic acids is 1. The number of anilines is 1. The molecule has 1 atom stereocenters. The zero-order valence-electron chi connectivity index (χ0n) is 18.5. The third-order valence-corrected chi connectivity index (χ3v) is 6.14. The van der Waals surface area contributed by atoms with Crippen LogP contribution in [0.15, 0.2) is 71.8 Å². The predicted octanol–water partition coefficient (Wildman–Crippen LogP) is 4.41. The Morgan fingerprint density at radius 1 is 1.14 bits per heavy atom. The molecule has 0 saturated carbocycles. The number of hydrogen-bond acceptors (Lipinski definition) is 5. The first kappa shape index (κ1) is 22.5. The molecule has 0 radical (unpaired) electrons. The van der Waals surface area contributed by atoms with Crippen molar-refractivity contribution in [2.45, 2.75) is 18.9 Å². The van der Waals surface area contributed by atoms with Gasteiger partial charge in [-0.1, -0.05) is 12.1 Å². The van der Waals surface area contributed by atoms with Gasteiger partial charge < -0.3 is 19.3 Å². The molecule has 178 valence electrons. The highest BCUT2D eigenvalue weighted by atomic mass is 19.1. The van der Waals surface area contributed by atoms with E-state index in [-0.39, 0.29) is 22.6 Å². The average molecular weight is 477 g/mol. The van der Waals surface area contributed by atoms with Gasteiger partial charge in [0.1, 0.15) is 23.8 Å². The maximum atomic E-state index is 15.4. The summed E-state index contributed by atoms with van der Waals surface area (Å²) >= 11 is 0. The summed E-state index contributed by atoms with van der Waals surface area (Å²) in [5.41, 5.74) is -0.485. The van der Waals surface area contributed by atoms with E-state index in [0.29, 0.717) is 24.7 Å². The molecule has 5 rings (SSSR count). The molecule has 0 amide bonds. The van der Waals surface area contributed by atoms with Crippen LogP contribution in [0, 0.1) is 11.6 Å². The van der Waals surface area contributed by atoms with Gasteiger partial charge in [0, 0.05) is 36.1 Å². The fraction of sp³-hybridized carbons (Fsp3) is 0.192. The molecule has 2 aromatic carbocycles. The molecule has 1 N–H and O–H groups in total. The Labute approximate surface area is 198 Å². The van der Waals surface area contributed by atoms with Crippen LogP contribution in [0.4, 0.5) is 14.5 Å². The van der Waals surface area contributed by atoms with E-state index in [1.54, 1.807) is 24.4 Å². The highest BCUT2D eigenvalue weighted by Crippen LogP contribution is 2.32. The van der Waals surface area contributed by atoms with E-state index in [0.717, 1.165) is 25.1 Å². The Morgan fingerprint density at radius 3 is 2.74 bits per heavy atom.